The van der Waals surface area contributed by atoms with Crippen molar-refractivity contribution in [3.8, 4) is 0 Å². The van der Waals surface area contributed by atoms with Crippen LogP contribution in [0.3, 0.4) is 0 Å². The van der Waals surface area contributed by atoms with Gasteiger partial charge in [-0.05, 0) is 49.4 Å². The van der Waals surface area contributed by atoms with Crippen LogP contribution in [0.25, 0.3) is 0 Å². The number of rotatable bonds is 6. The summed E-state index contributed by atoms with van der Waals surface area (Å²) >= 11 is 0. The summed E-state index contributed by atoms with van der Waals surface area (Å²) in [5.74, 6) is 0.756. The summed E-state index contributed by atoms with van der Waals surface area (Å²) in [4.78, 5) is 14.0. The van der Waals surface area contributed by atoms with Crippen LogP contribution in [0.4, 0.5) is 5.69 Å². The smallest absolute Gasteiger partial charge is 0.219 e. The van der Waals surface area contributed by atoms with Gasteiger partial charge in [0, 0.05) is 31.7 Å². The maximum absolute atomic E-state index is 11.6. The van der Waals surface area contributed by atoms with Crippen molar-refractivity contribution >= 4 is 24.0 Å². The minimum Gasteiger partial charge on any atom is -0.399 e. The van der Waals surface area contributed by atoms with E-state index in [1.165, 1.54) is 18.4 Å². The van der Waals surface area contributed by atoms with Crippen molar-refractivity contribution < 1.29 is 4.79 Å². The first-order valence-electron chi connectivity index (χ1n) is 8.01. The zero-order valence-corrected chi connectivity index (χ0v) is 14.2. The fourth-order valence-corrected chi connectivity index (χ4v) is 2.98. The largest absolute Gasteiger partial charge is 0.399 e. The molecule has 1 aliphatic heterocycles. The van der Waals surface area contributed by atoms with Crippen LogP contribution < -0.4 is 11.1 Å². The summed E-state index contributed by atoms with van der Waals surface area (Å²) in [5, 5.41) is 3.06. The van der Waals surface area contributed by atoms with Gasteiger partial charge in [-0.3, -0.25) is 9.69 Å². The number of hydrogen-bond donors (Lipinski definition) is 2. The Morgan fingerprint density at radius 1 is 1.45 bits per heavy atom. The van der Waals surface area contributed by atoms with Crippen LogP contribution in [0.15, 0.2) is 24.3 Å². The lowest BCUT2D eigenvalue weighted by Crippen LogP contribution is -2.40. The molecular formula is C17H28ClN3O. The van der Waals surface area contributed by atoms with E-state index < -0.39 is 0 Å². The second kappa shape index (κ2) is 9.70. The summed E-state index contributed by atoms with van der Waals surface area (Å²) in [6, 6.07) is 8.11. The van der Waals surface area contributed by atoms with E-state index in [1.807, 2.05) is 25.1 Å². The van der Waals surface area contributed by atoms with Crippen molar-refractivity contribution in [1.82, 2.24) is 10.2 Å². The van der Waals surface area contributed by atoms with Crippen molar-refractivity contribution in [2.24, 2.45) is 5.92 Å². The number of hydrogen-bond acceptors (Lipinski definition) is 3. The Bertz CT molecular complexity index is 467. The second-order valence-electron chi connectivity index (χ2n) is 6.04. The van der Waals surface area contributed by atoms with Crippen LogP contribution in [0.5, 0.6) is 0 Å². The molecule has 1 amide bonds. The molecule has 1 saturated heterocycles. The molecule has 1 unspecified atom stereocenters. The van der Waals surface area contributed by atoms with E-state index in [9.17, 15) is 4.79 Å². The fraction of sp³-hybridized carbons (Fsp3) is 0.588. The molecule has 1 aromatic rings. The van der Waals surface area contributed by atoms with Gasteiger partial charge in [-0.2, -0.15) is 0 Å². The van der Waals surface area contributed by atoms with Gasteiger partial charge in [0.25, 0.3) is 0 Å². The highest BCUT2D eigenvalue weighted by molar-refractivity contribution is 5.85. The summed E-state index contributed by atoms with van der Waals surface area (Å²) in [6.07, 6.45) is 3.97. The van der Waals surface area contributed by atoms with Crippen LogP contribution in [-0.2, 0) is 11.3 Å². The summed E-state index contributed by atoms with van der Waals surface area (Å²) in [6.45, 7) is 5.99. The predicted molar refractivity (Wildman–Crippen MR) is 94.0 cm³/mol. The molecule has 0 radical (unpaired) electrons. The Morgan fingerprint density at radius 2 is 2.27 bits per heavy atom. The lowest BCUT2D eigenvalue weighted by atomic mass is 9.97. The fourth-order valence-electron chi connectivity index (χ4n) is 2.98. The molecule has 0 aromatic heterocycles. The Kier molecular flexibility index (Phi) is 8.28. The first-order chi connectivity index (χ1) is 10.2. The van der Waals surface area contributed by atoms with Gasteiger partial charge >= 0.3 is 0 Å². The number of piperidine rings is 1. The highest BCUT2D eigenvalue weighted by Crippen LogP contribution is 2.19. The van der Waals surface area contributed by atoms with Gasteiger partial charge in [0.2, 0.25) is 5.91 Å². The Morgan fingerprint density at radius 3 is 3.00 bits per heavy atom. The van der Waals surface area contributed by atoms with E-state index in [0.717, 1.165) is 38.3 Å². The SMILES string of the molecule is CCCC(=O)NCC1CCCN(Cc2cccc(N)c2)C1.Cl. The Labute approximate surface area is 139 Å². The number of halogens is 1. The van der Waals surface area contributed by atoms with E-state index >= 15 is 0 Å². The lowest BCUT2D eigenvalue weighted by molar-refractivity contribution is -0.121. The highest BCUT2D eigenvalue weighted by atomic mass is 35.5. The number of nitrogen functional groups attached to an aromatic ring is 1. The molecule has 0 aliphatic carbocycles. The van der Waals surface area contributed by atoms with Crippen LogP contribution in [-0.4, -0.2) is 30.4 Å². The highest BCUT2D eigenvalue weighted by Gasteiger charge is 2.20. The van der Waals surface area contributed by atoms with Crippen LogP contribution in [0.2, 0.25) is 0 Å². The average Bonchev–Trinajstić information content (AvgIpc) is 2.46. The van der Waals surface area contributed by atoms with Crippen molar-refractivity contribution in [2.45, 2.75) is 39.2 Å². The molecule has 1 fully saturated rings. The molecule has 1 atom stereocenters. The molecule has 5 heteroatoms. The van der Waals surface area contributed by atoms with Gasteiger partial charge in [-0.25, -0.2) is 0 Å². The third kappa shape index (κ3) is 6.24. The molecular weight excluding hydrogens is 298 g/mol. The maximum atomic E-state index is 11.6. The second-order valence-corrected chi connectivity index (χ2v) is 6.04. The van der Waals surface area contributed by atoms with Gasteiger partial charge in [0.15, 0.2) is 0 Å². The van der Waals surface area contributed by atoms with Gasteiger partial charge in [0.1, 0.15) is 0 Å². The minimum absolute atomic E-state index is 0. The molecule has 0 saturated carbocycles. The van der Waals surface area contributed by atoms with Gasteiger partial charge in [-0.15, -0.1) is 12.4 Å². The zero-order chi connectivity index (χ0) is 15.1. The molecule has 1 aliphatic rings. The molecule has 0 bridgehead atoms. The molecule has 1 aromatic carbocycles. The number of amides is 1. The normalized spacial score (nSPS) is 18.5. The van der Waals surface area contributed by atoms with Crippen molar-refractivity contribution in [3.63, 3.8) is 0 Å². The summed E-state index contributed by atoms with van der Waals surface area (Å²) in [7, 11) is 0. The third-order valence-electron chi connectivity index (χ3n) is 4.03. The van der Waals surface area contributed by atoms with Gasteiger partial charge in [0.05, 0.1) is 0 Å². The van der Waals surface area contributed by atoms with E-state index in [2.05, 4.69) is 16.3 Å². The molecule has 124 valence electrons. The maximum Gasteiger partial charge on any atom is 0.219 e. The van der Waals surface area contributed by atoms with Crippen LogP contribution >= 0.6 is 12.4 Å². The molecule has 0 spiro atoms. The van der Waals surface area contributed by atoms with Gasteiger partial charge in [-0.1, -0.05) is 19.1 Å². The molecule has 1 heterocycles. The van der Waals surface area contributed by atoms with Crippen molar-refractivity contribution in [2.75, 3.05) is 25.4 Å². The number of benzene rings is 1. The number of likely N-dealkylation sites (tertiary alicyclic amines) is 1. The standard InChI is InChI=1S/C17H27N3O.ClH/c1-2-5-17(21)19-11-15-7-4-9-20(13-15)12-14-6-3-8-16(18)10-14;/h3,6,8,10,15H,2,4-5,7,9,11-13,18H2,1H3,(H,19,21);1H. The van der Waals surface area contributed by atoms with E-state index in [-0.39, 0.29) is 18.3 Å². The Hall–Kier alpha value is -1.26. The monoisotopic (exact) mass is 325 g/mol. The minimum atomic E-state index is 0. The topological polar surface area (TPSA) is 58.4 Å². The number of nitrogens with one attached hydrogen (secondary N) is 1. The zero-order valence-electron chi connectivity index (χ0n) is 13.4. The first kappa shape index (κ1) is 18.8. The van der Waals surface area contributed by atoms with Crippen LogP contribution in [0, 0.1) is 5.92 Å². The summed E-state index contributed by atoms with van der Waals surface area (Å²) in [5.41, 5.74) is 7.93. The number of nitrogens with zero attached hydrogens (tertiary/aromatic N) is 1. The third-order valence-corrected chi connectivity index (χ3v) is 4.03. The summed E-state index contributed by atoms with van der Waals surface area (Å²) < 4.78 is 0. The average molecular weight is 326 g/mol. The van der Waals surface area contributed by atoms with E-state index in [4.69, 9.17) is 5.73 Å². The predicted octanol–water partition coefficient (Wildman–Crippen LogP) is 2.82. The quantitative estimate of drug-likeness (QED) is 0.791. The van der Waals surface area contributed by atoms with Gasteiger partial charge < -0.3 is 11.1 Å². The van der Waals surface area contributed by atoms with E-state index in [0.29, 0.717) is 12.3 Å². The van der Waals surface area contributed by atoms with Crippen LogP contribution in [0.1, 0.15) is 38.2 Å². The molecule has 3 N–H and O–H groups in total. The molecule has 4 nitrogen and oxygen atoms in total. The number of nitrogens with two attached hydrogens (primary N) is 1. The number of carbonyl (C=O) groups is 1. The van der Waals surface area contributed by atoms with Crippen molar-refractivity contribution in [3.05, 3.63) is 29.8 Å². The van der Waals surface area contributed by atoms with E-state index in [1.54, 1.807) is 0 Å². The molecule has 22 heavy (non-hydrogen) atoms. The Balaban J connectivity index is 0.00000242. The number of carbonyl (C=O) groups excluding carboxylic acids is 1. The first-order valence-corrected chi connectivity index (χ1v) is 8.01. The molecule has 2 rings (SSSR count). The van der Waals surface area contributed by atoms with Crippen molar-refractivity contribution in [1.29, 1.82) is 0 Å². The lowest BCUT2D eigenvalue weighted by Gasteiger charge is -2.32. The number of anilines is 1.